The van der Waals surface area contributed by atoms with E-state index in [0.717, 1.165) is 47.3 Å². The third-order valence-electron chi connectivity index (χ3n) is 5.67. The summed E-state index contributed by atoms with van der Waals surface area (Å²) < 4.78 is 1.50. The fourth-order valence-electron chi connectivity index (χ4n) is 4.15. The molecule has 3 heterocycles. The molecule has 10 heteroatoms. The first kappa shape index (κ1) is 21.8. The van der Waals surface area contributed by atoms with E-state index in [1.165, 1.54) is 15.9 Å². The molecular formula is C22H20Cl3N5OS. The van der Waals surface area contributed by atoms with Crippen LogP contribution in [0.2, 0.25) is 15.1 Å². The van der Waals surface area contributed by atoms with Gasteiger partial charge in [0, 0.05) is 36.9 Å². The van der Waals surface area contributed by atoms with Gasteiger partial charge in [0.25, 0.3) is 0 Å². The fraction of sp³-hybridized carbons (Fsp3) is 0.273. The molecule has 166 valence electrons. The Morgan fingerprint density at radius 3 is 2.47 bits per heavy atom. The van der Waals surface area contributed by atoms with Gasteiger partial charge >= 0.3 is 0 Å². The van der Waals surface area contributed by atoms with Gasteiger partial charge in [0.05, 0.1) is 21.0 Å². The van der Waals surface area contributed by atoms with Gasteiger partial charge in [-0.15, -0.1) is 5.10 Å². The summed E-state index contributed by atoms with van der Waals surface area (Å²) in [7, 11) is 0. The van der Waals surface area contributed by atoms with E-state index in [1.807, 2.05) is 37.3 Å². The molecule has 0 aliphatic carbocycles. The van der Waals surface area contributed by atoms with Crippen LogP contribution in [0.25, 0.3) is 4.96 Å². The molecule has 0 unspecified atom stereocenters. The van der Waals surface area contributed by atoms with Crippen LogP contribution in [0.3, 0.4) is 0 Å². The van der Waals surface area contributed by atoms with Crippen molar-refractivity contribution >= 4 is 56.8 Å². The number of aryl methyl sites for hydroxylation is 1. The molecule has 0 radical (unpaired) electrons. The molecule has 1 aliphatic heterocycles. The van der Waals surface area contributed by atoms with Gasteiger partial charge in [0.2, 0.25) is 10.8 Å². The van der Waals surface area contributed by atoms with E-state index < -0.39 is 0 Å². The van der Waals surface area contributed by atoms with Crippen molar-refractivity contribution in [2.45, 2.75) is 13.0 Å². The van der Waals surface area contributed by atoms with Crippen molar-refractivity contribution in [3.8, 4) is 5.88 Å². The van der Waals surface area contributed by atoms with E-state index in [1.54, 1.807) is 6.07 Å². The maximum Gasteiger partial charge on any atom is 0.230 e. The van der Waals surface area contributed by atoms with E-state index in [-0.39, 0.29) is 11.9 Å². The van der Waals surface area contributed by atoms with Gasteiger partial charge in [-0.05, 0) is 42.8 Å². The molecule has 4 aromatic rings. The van der Waals surface area contributed by atoms with Gasteiger partial charge in [-0.1, -0.05) is 58.3 Å². The molecule has 1 fully saturated rings. The summed E-state index contributed by atoms with van der Waals surface area (Å²) in [4.78, 5) is 10.5. The van der Waals surface area contributed by atoms with Crippen LogP contribution in [0.4, 0.5) is 5.69 Å². The Kier molecular flexibility index (Phi) is 5.94. The number of piperazine rings is 1. The molecule has 1 atom stereocenters. The van der Waals surface area contributed by atoms with E-state index >= 15 is 0 Å². The molecule has 0 spiro atoms. The van der Waals surface area contributed by atoms with E-state index in [4.69, 9.17) is 34.8 Å². The Bertz CT molecular complexity index is 1280. The quantitative estimate of drug-likeness (QED) is 0.384. The Balaban J connectivity index is 1.49. The number of hydrogen-bond donors (Lipinski definition) is 1. The number of benzene rings is 2. The lowest BCUT2D eigenvalue weighted by atomic mass is 10.0. The number of anilines is 1. The van der Waals surface area contributed by atoms with Crippen molar-refractivity contribution in [1.29, 1.82) is 0 Å². The summed E-state index contributed by atoms with van der Waals surface area (Å²) >= 11 is 20.2. The van der Waals surface area contributed by atoms with E-state index in [2.05, 4.69) is 25.9 Å². The third kappa shape index (κ3) is 4.04. The van der Waals surface area contributed by atoms with Gasteiger partial charge in [-0.25, -0.2) is 4.98 Å². The normalized spacial score (nSPS) is 16.1. The summed E-state index contributed by atoms with van der Waals surface area (Å²) in [6.07, 6.45) is 0. The Hall–Kier alpha value is -2.03. The smallest absolute Gasteiger partial charge is 0.230 e. The molecule has 1 saturated heterocycles. The van der Waals surface area contributed by atoms with Crippen molar-refractivity contribution in [2.75, 3.05) is 31.1 Å². The monoisotopic (exact) mass is 507 g/mol. The summed E-state index contributed by atoms with van der Waals surface area (Å²) in [5.41, 5.74) is 2.08. The second-order valence-corrected chi connectivity index (χ2v) is 9.98. The second-order valence-electron chi connectivity index (χ2n) is 7.72. The SMILES string of the molecule is Cc1nc2sc([C@H](c3ccc(Cl)c(Cl)c3)N3CCN(c4cccc(Cl)c4)CC3)c(O)n2n1. The summed E-state index contributed by atoms with van der Waals surface area (Å²) in [5.74, 6) is 0.735. The van der Waals surface area contributed by atoms with Crippen molar-refractivity contribution < 1.29 is 5.11 Å². The number of nitrogens with zero attached hydrogens (tertiary/aromatic N) is 5. The van der Waals surface area contributed by atoms with E-state index in [9.17, 15) is 5.11 Å². The topological polar surface area (TPSA) is 56.9 Å². The summed E-state index contributed by atoms with van der Waals surface area (Å²) in [6, 6.07) is 13.4. The largest absolute Gasteiger partial charge is 0.492 e. The van der Waals surface area contributed by atoms with Crippen molar-refractivity contribution in [2.24, 2.45) is 0 Å². The highest BCUT2D eigenvalue weighted by Gasteiger charge is 2.32. The molecule has 5 rings (SSSR count). The van der Waals surface area contributed by atoms with Crippen LogP contribution in [-0.2, 0) is 0 Å². The zero-order valence-electron chi connectivity index (χ0n) is 17.2. The Morgan fingerprint density at radius 1 is 1.00 bits per heavy atom. The predicted octanol–water partition coefficient (Wildman–Crippen LogP) is 5.68. The zero-order chi connectivity index (χ0) is 22.4. The minimum absolute atomic E-state index is 0.110. The van der Waals surface area contributed by atoms with Gasteiger partial charge in [0.15, 0.2) is 0 Å². The first-order valence-electron chi connectivity index (χ1n) is 10.2. The lowest BCUT2D eigenvalue weighted by Crippen LogP contribution is -2.47. The molecule has 1 aliphatic rings. The highest BCUT2D eigenvalue weighted by Crippen LogP contribution is 2.41. The van der Waals surface area contributed by atoms with E-state index in [0.29, 0.717) is 20.8 Å². The molecular weight excluding hydrogens is 489 g/mol. The number of rotatable bonds is 4. The fourth-order valence-corrected chi connectivity index (χ4v) is 5.80. The molecule has 2 aromatic carbocycles. The second kappa shape index (κ2) is 8.72. The minimum atomic E-state index is -0.194. The van der Waals surface area contributed by atoms with Crippen LogP contribution in [-0.4, -0.2) is 50.8 Å². The molecule has 1 N–H and O–H groups in total. The number of aromatic nitrogens is 3. The standard InChI is InChI=1S/C22H20Cl3N5OS/c1-13-26-22-30(27-13)21(31)20(32-22)19(14-5-6-17(24)18(25)11-14)29-9-7-28(8-10-29)16-4-2-3-15(23)12-16/h2-6,11-12,19,31H,7-10H2,1H3/t19-/m0/s1. The number of thiazole rings is 1. The van der Waals surface area contributed by atoms with Crippen molar-refractivity contribution in [1.82, 2.24) is 19.5 Å². The molecule has 2 aromatic heterocycles. The number of aromatic hydroxyl groups is 1. The minimum Gasteiger partial charge on any atom is -0.492 e. The maximum absolute atomic E-state index is 11.0. The Labute approximate surface area is 204 Å². The molecule has 0 bridgehead atoms. The predicted molar refractivity (Wildman–Crippen MR) is 131 cm³/mol. The van der Waals surface area contributed by atoms with Crippen molar-refractivity contribution in [3.05, 3.63) is 73.8 Å². The average Bonchev–Trinajstić information content (AvgIpc) is 3.28. The number of hydrogen-bond acceptors (Lipinski definition) is 6. The number of halogens is 3. The Morgan fingerprint density at radius 2 is 1.78 bits per heavy atom. The zero-order valence-corrected chi connectivity index (χ0v) is 20.3. The van der Waals surface area contributed by atoms with Crippen LogP contribution in [0.15, 0.2) is 42.5 Å². The summed E-state index contributed by atoms with van der Waals surface area (Å²) in [5, 5.41) is 17.1. The first-order chi connectivity index (χ1) is 15.4. The first-order valence-corrected chi connectivity index (χ1v) is 12.1. The number of fused-ring (bicyclic) bond motifs is 1. The van der Waals surface area contributed by atoms with Crippen LogP contribution in [0.5, 0.6) is 5.88 Å². The van der Waals surface area contributed by atoms with Gasteiger partial charge in [-0.2, -0.15) is 4.52 Å². The lowest BCUT2D eigenvalue weighted by molar-refractivity contribution is 0.211. The van der Waals surface area contributed by atoms with Gasteiger partial charge < -0.3 is 10.0 Å². The van der Waals surface area contributed by atoms with Crippen LogP contribution >= 0.6 is 46.1 Å². The molecule has 6 nitrogen and oxygen atoms in total. The lowest BCUT2D eigenvalue weighted by Gasteiger charge is -2.40. The van der Waals surface area contributed by atoms with Crippen LogP contribution < -0.4 is 4.90 Å². The highest BCUT2D eigenvalue weighted by atomic mass is 35.5. The average molecular weight is 509 g/mol. The maximum atomic E-state index is 11.0. The van der Waals surface area contributed by atoms with Gasteiger partial charge in [0.1, 0.15) is 5.82 Å². The summed E-state index contributed by atoms with van der Waals surface area (Å²) in [6.45, 7) is 5.06. The highest BCUT2D eigenvalue weighted by molar-refractivity contribution is 7.17. The molecule has 0 saturated carbocycles. The van der Waals surface area contributed by atoms with Crippen LogP contribution in [0.1, 0.15) is 22.3 Å². The van der Waals surface area contributed by atoms with Crippen molar-refractivity contribution in [3.63, 3.8) is 0 Å². The van der Waals surface area contributed by atoms with Gasteiger partial charge in [-0.3, -0.25) is 4.90 Å². The van der Waals surface area contributed by atoms with Crippen LogP contribution in [0, 0.1) is 6.92 Å². The molecule has 0 amide bonds. The molecule has 32 heavy (non-hydrogen) atoms. The third-order valence-corrected chi connectivity index (χ3v) is 7.71.